The second kappa shape index (κ2) is 9.12. The Morgan fingerprint density at radius 3 is 2.74 bits per heavy atom. The van der Waals surface area contributed by atoms with Crippen molar-refractivity contribution < 1.29 is 65.7 Å². The van der Waals surface area contributed by atoms with E-state index in [2.05, 4.69) is 9.51 Å². The van der Waals surface area contributed by atoms with Crippen molar-refractivity contribution in [2.24, 2.45) is 0 Å². The maximum absolute atomic E-state index is 13.8. The maximum Gasteiger partial charge on any atom is 1.00 e. The third-order valence-corrected chi connectivity index (χ3v) is 3.79. The van der Waals surface area contributed by atoms with Crippen LogP contribution in [0.25, 0.3) is 0 Å². The molecule has 8 nitrogen and oxygen atoms in total. The molecule has 1 saturated heterocycles. The molecule has 3 atom stereocenters. The zero-order chi connectivity index (χ0) is 15.8. The fourth-order valence-electron chi connectivity index (χ4n) is 1.97. The van der Waals surface area contributed by atoms with Crippen LogP contribution in [0.2, 0.25) is 0 Å². The van der Waals surface area contributed by atoms with Gasteiger partial charge in [0.2, 0.25) is 0 Å². The molecule has 0 spiro atoms. The third-order valence-electron chi connectivity index (χ3n) is 3.02. The van der Waals surface area contributed by atoms with Crippen LogP contribution in [0.3, 0.4) is 0 Å². The monoisotopic (exact) mass is 352 g/mol. The third kappa shape index (κ3) is 6.26. The van der Waals surface area contributed by atoms with Gasteiger partial charge in [-0.2, -0.15) is 0 Å². The van der Waals surface area contributed by atoms with E-state index < -0.39 is 32.9 Å². The molecule has 0 aliphatic carbocycles. The minimum absolute atomic E-state index is 0. The van der Waals surface area contributed by atoms with Gasteiger partial charge in [-0.15, -0.1) is 0 Å². The average Bonchev–Trinajstić information content (AvgIpc) is 2.72. The van der Waals surface area contributed by atoms with Crippen molar-refractivity contribution in [3.05, 3.63) is 26.9 Å². The molecule has 1 aromatic rings. The fraction of sp³-hybridized carbons (Fsp3) is 0.600. The first-order chi connectivity index (χ1) is 9.67. The number of hydrogen-bond donors (Lipinski definition) is 1. The standard InChI is InChI=1S/C10H14FN2O6PS.2Li/c1-5-3-13(10(21)12-9(5)14)8-2-6(11)7(19-8)4-18-20(15,16)17;;/h3,6-8H,2,4H2,1H3,(H,12,14,21)(H2,15,16,17);;/q;2*+1/p-2/t6-,7+,8+;;/m0../s1. The molecule has 0 radical (unpaired) electrons. The van der Waals surface area contributed by atoms with Crippen molar-refractivity contribution in [3.63, 3.8) is 0 Å². The van der Waals surface area contributed by atoms with Crippen LogP contribution in [0, 0.1) is 11.7 Å². The molecule has 0 unspecified atom stereocenters. The van der Waals surface area contributed by atoms with Gasteiger partial charge in [0.05, 0.1) is 14.4 Å². The Hall–Kier alpha value is 0.295. The van der Waals surface area contributed by atoms with Crippen LogP contribution < -0.4 is 53.1 Å². The summed E-state index contributed by atoms with van der Waals surface area (Å²) < 4.78 is 34.9. The summed E-state index contributed by atoms with van der Waals surface area (Å²) in [5.41, 5.74) is 0.00972. The summed E-state index contributed by atoms with van der Waals surface area (Å²) >= 11 is 4.97. The first-order valence-corrected chi connectivity index (χ1v) is 7.82. The van der Waals surface area contributed by atoms with Crippen LogP contribution in [-0.2, 0) is 13.8 Å². The van der Waals surface area contributed by atoms with Crippen LogP contribution in [0.1, 0.15) is 18.2 Å². The number of ether oxygens (including phenoxy) is 1. The zero-order valence-electron chi connectivity index (χ0n) is 12.9. The summed E-state index contributed by atoms with van der Waals surface area (Å²) in [6, 6.07) is 0. The minimum Gasteiger partial charge on any atom is -0.790 e. The van der Waals surface area contributed by atoms with E-state index in [0.717, 1.165) is 0 Å². The summed E-state index contributed by atoms with van der Waals surface area (Å²) in [5.74, 6) is 0. The molecule has 0 amide bonds. The fourth-order valence-corrected chi connectivity index (χ4v) is 2.57. The molecule has 1 aromatic heterocycles. The number of rotatable bonds is 4. The smallest absolute Gasteiger partial charge is 0.790 e. The van der Waals surface area contributed by atoms with Gasteiger partial charge in [0.25, 0.3) is 5.56 Å². The Morgan fingerprint density at radius 2 is 2.17 bits per heavy atom. The van der Waals surface area contributed by atoms with Crippen LogP contribution in [0.15, 0.2) is 11.0 Å². The molecule has 1 fully saturated rings. The molecule has 13 heteroatoms. The van der Waals surface area contributed by atoms with E-state index in [1.807, 2.05) is 0 Å². The van der Waals surface area contributed by atoms with Gasteiger partial charge in [-0.3, -0.25) is 14.3 Å². The van der Waals surface area contributed by atoms with Crippen molar-refractivity contribution in [2.75, 3.05) is 6.61 Å². The first kappa shape index (κ1) is 23.3. The van der Waals surface area contributed by atoms with Crippen LogP contribution in [-0.4, -0.2) is 28.4 Å². The van der Waals surface area contributed by atoms with E-state index in [1.165, 1.54) is 10.8 Å². The average molecular weight is 352 g/mol. The molecule has 1 N–H and O–H groups in total. The zero-order valence-corrected chi connectivity index (χ0v) is 14.6. The van der Waals surface area contributed by atoms with Crippen molar-refractivity contribution in [1.29, 1.82) is 0 Å². The molecule has 1 aliphatic heterocycles. The maximum atomic E-state index is 13.8. The van der Waals surface area contributed by atoms with Crippen LogP contribution >= 0.6 is 20.0 Å². The molecule has 0 bridgehead atoms. The van der Waals surface area contributed by atoms with Gasteiger partial charge in [0, 0.05) is 18.2 Å². The summed E-state index contributed by atoms with van der Waals surface area (Å²) in [6.45, 7) is 0.856. The van der Waals surface area contributed by atoms with Crippen molar-refractivity contribution >= 4 is 20.0 Å². The van der Waals surface area contributed by atoms with Crippen molar-refractivity contribution in [1.82, 2.24) is 9.55 Å². The topological polar surface area (TPSA) is 119 Å². The van der Waals surface area contributed by atoms with E-state index in [1.54, 1.807) is 6.92 Å². The Labute approximate surface area is 160 Å². The van der Waals surface area contributed by atoms with Gasteiger partial charge in [0.1, 0.15) is 18.5 Å². The number of aromatic nitrogens is 2. The van der Waals surface area contributed by atoms with E-state index in [0.29, 0.717) is 5.56 Å². The number of phosphoric ester groups is 1. The Bertz CT molecular complexity index is 695. The summed E-state index contributed by atoms with van der Waals surface area (Å²) in [5, 5.41) is 0. The second-order valence-corrected chi connectivity index (χ2v) is 6.14. The second-order valence-electron chi connectivity index (χ2n) is 4.60. The SMILES string of the molecule is Cc1cn([C@H]2C[C@H](F)[C@@H](COP(=O)([O-])[O-])O2)c(=S)[nH]c1=O.[Li+].[Li+]. The Balaban J connectivity index is 0.00000242. The van der Waals surface area contributed by atoms with Gasteiger partial charge in [-0.25, -0.2) is 4.39 Å². The number of aryl methyl sites for hydroxylation is 1. The number of hydrogen-bond acceptors (Lipinski definition) is 7. The Morgan fingerprint density at radius 1 is 1.57 bits per heavy atom. The number of H-pyrrole nitrogens is 1. The number of nitrogens with zero attached hydrogens (tertiary/aromatic N) is 1. The summed E-state index contributed by atoms with van der Waals surface area (Å²) in [4.78, 5) is 34.6. The van der Waals surface area contributed by atoms with E-state index in [4.69, 9.17) is 17.0 Å². The summed E-state index contributed by atoms with van der Waals surface area (Å²) in [6.07, 6.45) is -2.20. The molecular weight excluding hydrogens is 340 g/mol. The number of alkyl halides is 1. The van der Waals surface area contributed by atoms with Crippen LogP contribution in [0.4, 0.5) is 4.39 Å². The van der Waals surface area contributed by atoms with Gasteiger partial charge in [-0.1, -0.05) is 0 Å². The molecule has 0 aromatic carbocycles. The summed E-state index contributed by atoms with van der Waals surface area (Å²) in [7, 11) is -5.18. The molecule has 118 valence electrons. The normalized spacial score (nSPS) is 23.9. The molecular formula is C10H12FLi2N2O6PS. The molecule has 2 rings (SSSR count). The number of halogens is 1. The predicted molar refractivity (Wildman–Crippen MR) is 67.6 cm³/mol. The quantitative estimate of drug-likeness (QED) is 0.325. The predicted octanol–water partition coefficient (Wildman–Crippen LogP) is -6.31. The number of nitrogens with one attached hydrogen (secondary N) is 1. The number of aromatic amines is 1. The van der Waals surface area contributed by atoms with E-state index in [9.17, 15) is 23.5 Å². The van der Waals surface area contributed by atoms with E-state index in [-0.39, 0.29) is 54.5 Å². The number of phosphoric acid groups is 1. The molecule has 23 heavy (non-hydrogen) atoms. The minimum atomic E-state index is -5.18. The molecule has 1 aliphatic rings. The first-order valence-electron chi connectivity index (χ1n) is 5.95. The van der Waals surface area contributed by atoms with Crippen LogP contribution in [0.5, 0.6) is 0 Å². The van der Waals surface area contributed by atoms with Crippen molar-refractivity contribution in [3.8, 4) is 0 Å². The van der Waals surface area contributed by atoms with Gasteiger partial charge in [-0.05, 0) is 19.1 Å². The van der Waals surface area contributed by atoms with Gasteiger partial charge >= 0.3 is 37.7 Å². The van der Waals surface area contributed by atoms with Crippen molar-refractivity contribution in [2.45, 2.75) is 31.8 Å². The Kier molecular flexibility index (Phi) is 9.24. The van der Waals surface area contributed by atoms with Gasteiger partial charge in [0.15, 0.2) is 4.77 Å². The molecule has 0 saturated carbocycles. The van der Waals surface area contributed by atoms with Gasteiger partial charge < -0.3 is 23.6 Å². The largest absolute Gasteiger partial charge is 1.00 e. The van der Waals surface area contributed by atoms with E-state index >= 15 is 0 Å². The molecule has 2 heterocycles.